The predicted octanol–water partition coefficient (Wildman–Crippen LogP) is 3.97. The number of hydrogen-bond acceptors (Lipinski definition) is 4. The van der Waals surface area contributed by atoms with Gasteiger partial charge in [-0.15, -0.1) is 0 Å². The summed E-state index contributed by atoms with van der Waals surface area (Å²) in [7, 11) is 0. The zero-order valence-corrected chi connectivity index (χ0v) is 15.8. The van der Waals surface area contributed by atoms with E-state index in [1.807, 2.05) is 13.1 Å². The molecule has 0 aliphatic carbocycles. The van der Waals surface area contributed by atoms with Crippen LogP contribution in [0.1, 0.15) is 36.9 Å². The van der Waals surface area contributed by atoms with Gasteiger partial charge in [0.2, 0.25) is 5.91 Å². The van der Waals surface area contributed by atoms with E-state index in [9.17, 15) is 23.1 Å². The van der Waals surface area contributed by atoms with Crippen LogP contribution in [-0.4, -0.2) is 31.8 Å². The number of hydrogen-bond donors (Lipinski definition) is 2. The number of fused-ring (bicyclic) bond motifs is 1. The number of aryl methyl sites for hydroxylation is 1. The Morgan fingerprint density at radius 1 is 1.28 bits per heavy atom. The van der Waals surface area contributed by atoms with Crippen LogP contribution in [0, 0.1) is 6.92 Å². The van der Waals surface area contributed by atoms with Crippen LogP contribution in [0.2, 0.25) is 0 Å². The van der Waals surface area contributed by atoms with Crippen LogP contribution in [0.25, 0.3) is 22.3 Å². The smallest absolute Gasteiger partial charge is 0.416 e. The van der Waals surface area contributed by atoms with Crippen LogP contribution in [0.15, 0.2) is 30.5 Å². The van der Waals surface area contributed by atoms with E-state index in [-0.39, 0.29) is 29.1 Å². The van der Waals surface area contributed by atoms with E-state index in [0.29, 0.717) is 30.2 Å². The second-order valence-corrected chi connectivity index (χ2v) is 7.37. The number of nitrogens with one attached hydrogen (secondary N) is 1. The van der Waals surface area contributed by atoms with Gasteiger partial charge in [-0.25, -0.2) is 4.98 Å². The quantitative estimate of drug-likeness (QED) is 0.677. The first kappa shape index (κ1) is 19.2. The summed E-state index contributed by atoms with van der Waals surface area (Å²) in [6.07, 6.45) is -1.62. The highest BCUT2D eigenvalue weighted by atomic mass is 19.4. The second kappa shape index (κ2) is 6.75. The number of nitrogens with zero attached hydrogens (tertiary/aromatic N) is 3. The van der Waals surface area contributed by atoms with Gasteiger partial charge in [0.1, 0.15) is 5.75 Å². The lowest BCUT2D eigenvalue weighted by molar-refractivity contribution is -0.137. The Morgan fingerprint density at radius 2 is 2.03 bits per heavy atom. The highest BCUT2D eigenvalue weighted by Gasteiger charge is 2.32. The molecule has 2 atom stereocenters. The maximum atomic E-state index is 13.0. The van der Waals surface area contributed by atoms with E-state index >= 15 is 0 Å². The Labute approximate surface area is 164 Å². The van der Waals surface area contributed by atoms with Crippen LogP contribution >= 0.6 is 0 Å². The molecule has 1 aromatic carbocycles. The number of amides is 1. The average molecular weight is 404 g/mol. The average Bonchev–Trinajstić information content (AvgIpc) is 3.03. The number of carbonyl (C=O) groups is 1. The lowest BCUT2D eigenvalue weighted by Gasteiger charge is -2.29. The predicted molar refractivity (Wildman–Crippen MR) is 100 cm³/mol. The third kappa shape index (κ3) is 3.52. The van der Waals surface area contributed by atoms with Gasteiger partial charge in [-0.05, 0) is 50.1 Å². The van der Waals surface area contributed by atoms with Crippen LogP contribution in [0.3, 0.4) is 0 Å². The first-order chi connectivity index (χ1) is 13.6. The molecule has 0 spiro atoms. The van der Waals surface area contributed by atoms with Crippen LogP contribution in [0.5, 0.6) is 5.75 Å². The molecular weight excluding hydrogens is 385 g/mol. The van der Waals surface area contributed by atoms with Gasteiger partial charge in [0, 0.05) is 29.6 Å². The van der Waals surface area contributed by atoms with Gasteiger partial charge in [-0.1, -0.05) is 0 Å². The van der Waals surface area contributed by atoms with E-state index in [0.717, 1.165) is 11.5 Å². The number of phenols is 1. The fourth-order valence-electron chi connectivity index (χ4n) is 3.81. The molecule has 6 nitrogen and oxygen atoms in total. The zero-order chi connectivity index (χ0) is 20.9. The Morgan fingerprint density at radius 3 is 2.69 bits per heavy atom. The number of halogens is 3. The number of aromatic hydroxyl groups is 1. The third-order valence-corrected chi connectivity index (χ3v) is 5.26. The van der Waals surface area contributed by atoms with Gasteiger partial charge in [0.15, 0.2) is 5.65 Å². The minimum absolute atomic E-state index is 0.00782. The minimum atomic E-state index is -4.54. The van der Waals surface area contributed by atoms with Gasteiger partial charge in [0.25, 0.3) is 0 Å². The summed E-state index contributed by atoms with van der Waals surface area (Å²) in [5.41, 5.74) is 0.372. The Kier molecular flexibility index (Phi) is 4.48. The summed E-state index contributed by atoms with van der Waals surface area (Å²) >= 11 is 0. The normalized spacial score (nSPS) is 20.1. The van der Waals surface area contributed by atoms with E-state index in [1.54, 1.807) is 16.8 Å². The first-order valence-electron chi connectivity index (χ1n) is 9.20. The Bertz CT molecular complexity index is 1080. The molecule has 1 aliphatic heterocycles. The fourth-order valence-corrected chi connectivity index (χ4v) is 3.81. The topological polar surface area (TPSA) is 80.0 Å². The summed E-state index contributed by atoms with van der Waals surface area (Å²) < 4.78 is 40.6. The second-order valence-electron chi connectivity index (χ2n) is 7.37. The number of piperidine rings is 1. The molecule has 3 aromatic rings. The number of pyridine rings is 1. The molecule has 1 fully saturated rings. The van der Waals surface area contributed by atoms with Crippen molar-refractivity contribution in [1.29, 1.82) is 0 Å². The van der Waals surface area contributed by atoms with E-state index in [4.69, 9.17) is 0 Å². The minimum Gasteiger partial charge on any atom is -0.507 e. The molecule has 2 aromatic heterocycles. The maximum Gasteiger partial charge on any atom is 0.416 e. The molecule has 0 bridgehead atoms. The van der Waals surface area contributed by atoms with Gasteiger partial charge < -0.3 is 10.4 Å². The molecule has 1 aliphatic rings. The number of carbonyl (C=O) groups excluding carboxylic acids is 1. The molecule has 0 unspecified atom stereocenters. The van der Waals surface area contributed by atoms with Crippen molar-refractivity contribution in [3.63, 3.8) is 0 Å². The number of aromatic nitrogens is 3. The van der Waals surface area contributed by atoms with E-state index in [1.165, 1.54) is 6.92 Å². The van der Waals surface area contributed by atoms with Crippen LogP contribution in [-0.2, 0) is 11.0 Å². The molecule has 1 amide bonds. The highest BCUT2D eigenvalue weighted by molar-refractivity contribution is 5.81. The molecular formula is C20H19F3N4O2. The van der Waals surface area contributed by atoms with Gasteiger partial charge in [-0.2, -0.15) is 18.3 Å². The number of alkyl halides is 3. The molecule has 0 saturated carbocycles. The Balaban J connectivity index is 1.73. The summed E-state index contributed by atoms with van der Waals surface area (Å²) in [6, 6.07) is 5.03. The molecule has 0 radical (unpaired) electrons. The van der Waals surface area contributed by atoms with Crippen molar-refractivity contribution >= 4 is 16.9 Å². The standard InChI is InChI=1S/C20H19F3N4O2/c1-10-7-13(20(21,22)23)8-16(28)18(10)14-4-3-12-9-27(26-19(12)25-14)15-5-6-17(29)24-11(15)2/h3-4,7-9,11,15,28H,5-6H2,1-2H3,(H,24,29)/t11-,15+/m0/s1. The molecule has 4 rings (SSSR count). The van der Waals surface area contributed by atoms with Crippen molar-refractivity contribution in [3.8, 4) is 17.0 Å². The summed E-state index contributed by atoms with van der Waals surface area (Å²) in [5, 5.41) is 18.4. The highest BCUT2D eigenvalue weighted by Crippen LogP contribution is 2.38. The summed E-state index contributed by atoms with van der Waals surface area (Å²) in [5.74, 6) is -0.466. The van der Waals surface area contributed by atoms with Crippen molar-refractivity contribution in [1.82, 2.24) is 20.1 Å². The number of benzene rings is 1. The lowest BCUT2D eigenvalue weighted by atomic mass is 9.99. The maximum absolute atomic E-state index is 13.0. The molecule has 9 heteroatoms. The molecule has 3 heterocycles. The third-order valence-electron chi connectivity index (χ3n) is 5.26. The van der Waals surface area contributed by atoms with Gasteiger partial charge in [-0.3, -0.25) is 9.48 Å². The van der Waals surface area contributed by atoms with Gasteiger partial charge >= 0.3 is 6.18 Å². The van der Waals surface area contributed by atoms with Gasteiger partial charge in [0.05, 0.1) is 17.3 Å². The summed E-state index contributed by atoms with van der Waals surface area (Å²) in [4.78, 5) is 16.0. The largest absolute Gasteiger partial charge is 0.507 e. The van der Waals surface area contributed by atoms with Crippen molar-refractivity contribution in [2.24, 2.45) is 0 Å². The molecule has 1 saturated heterocycles. The first-order valence-corrected chi connectivity index (χ1v) is 9.20. The van der Waals surface area contributed by atoms with Crippen LogP contribution < -0.4 is 5.32 Å². The Hall–Kier alpha value is -3.10. The van der Waals surface area contributed by atoms with Crippen molar-refractivity contribution < 1.29 is 23.1 Å². The number of rotatable bonds is 2. The molecule has 2 N–H and O–H groups in total. The SMILES string of the molecule is Cc1cc(C(F)(F)F)cc(O)c1-c1ccc2cn([C@@H]3CCC(=O)N[C@H]3C)nc2n1. The van der Waals surface area contributed by atoms with Crippen molar-refractivity contribution in [3.05, 3.63) is 41.6 Å². The van der Waals surface area contributed by atoms with E-state index in [2.05, 4.69) is 15.4 Å². The van der Waals surface area contributed by atoms with Crippen molar-refractivity contribution in [2.45, 2.75) is 44.9 Å². The van der Waals surface area contributed by atoms with Crippen molar-refractivity contribution in [2.75, 3.05) is 0 Å². The summed E-state index contributed by atoms with van der Waals surface area (Å²) in [6.45, 7) is 3.41. The molecule has 29 heavy (non-hydrogen) atoms. The lowest BCUT2D eigenvalue weighted by Crippen LogP contribution is -2.43. The number of phenolic OH excluding ortho intramolecular Hbond substituents is 1. The van der Waals surface area contributed by atoms with Crippen LogP contribution in [0.4, 0.5) is 13.2 Å². The molecule has 152 valence electrons. The zero-order valence-electron chi connectivity index (χ0n) is 15.8. The fraction of sp³-hybridized carbons (Fsp3) is 0.350. The van der Waals surface area contributed by atoms with E-state index < -0.39 is 17.5 Å². The monoisotopic (exact) mass is 404 g/mol.